The van der Waals surface area contributed by atoms with Gasteiger partial charge in [0.15, 0.2) is 5.13 Å². The first-order valence-electron chi connectivity index (χ1n) is 10.1. The zero-order valence-corrected chi connectivity index (χ0v) is 19.8. The van der Waals surface area contributed by atoms with E-state index in [0.717, 1.165) is 27.2 Å². The number of thiazole rings is 1. The minimum Gasteiger partial charge on any atom is -0.497 e. The molecule has 0 atom stereocenters. The molecule has 0 saturated carbocycles. The lowest BCUT2D eigenvalue weighted by Crippen LogP contribution is -2.09. The van der Waals surface area contributed by atoms with Crippen LogP contribution in [0.1, 0.15) is 15.4 Å². The van der Waals surface area contributed by atoms with Gasteiger partial charge in [-0.2, -0.15) is 5.10 Å². The largest absolute Gasteiger partial charge is 0.497 e. The second-order valence-corrected chi connectivity index (χ2v) is 9.11. The molecule has 0 aliphatic rings. The zero-order valence-electron chi connectivity index (χ0n) is 18.2. The number of nitrogens with zero attached hydrogens (tertiary/aromatic N) is 3. The molecule has 3 heterocycles. The number of thiophene rings is 1. The minimum absolute atomic E-state index is 0.200. The molecule has 5 rings (SSSR count). The Bertz CT molecular complexity index is 1450. The number of rotatable bonds is 6. The van der Waals surface area contributed by atoms with E-state index < -0.39 is 0 Å². The van der Waals surface area contributed by atoms with Crippen LogP contribution in [-0.4, -0.2) is 34.9 Å². The maximum absolute atomic E-state index is 13.0. The Balaban J connectivity index is 1.42. The Kier molecular flexibility index (Phi) is 5.57. The highest BCUT2D eigenvalue weighted by atomic mass is 32.1. The summed E-state index contributed by atoms with van der Waals surface area (Å²) in [6.07, 6.45) is 0. The fourth-order valence-corrected chi connectivity index (χ4v) is 5.31. The lowest BCUT2D eigenvalue weighted by molar-refractivity contribution is 0.103. The molecule has 0 spiro atoms. The molecule has 7 nitrogen and oxygen atoms in total. The smallest absolute Gasteiger partial charge is 0.267 e. The van der Waals surface area contributed by atoms with Crippen molar-refractivity contribution in [2.24, 2.45) is 0 Å². The number of benzene rings is 2. The van der Waals surface area contributed by atoms with E-state index in [1.54, 1.807) is 14.2 Å². The van der Waals surface area contributed by atoms with E-state index in [1.165, 1.54) is 22.7 Å². The summed E-state index contributed by atoms with van der Waals surface area (Å²) in [5, 5.41) is 10.9. The van der Waals surface area contributed by atoms with Crippen molar-refractivity contribution >= 4 is 43.9 Å². The van der Waals surface area contributed by atoms with Crippen LogP contribution in [0.2, 0.25) is 0 Å². The predicted molar refractivity (Wildman–Crippen MR) is 132 cm³/mol. The Hall–Kier alpha value is -3.69. The number of para-hydroxylation sites is 1. The number of hydrogen-bond donors (Lipinski definition) is 1. The molecule has 0 saturated heterocycles. The summed E-state index contributed by atoms with van der Waals surface area (Å²) in [4.78, 5) is 19.1. The van der Waals surface area contributed by atoms with Crippen LogP contribution in [0.15, 0.2) is 60.0 Å². The highest BCUT2D eigenvalue weighted by molar-refractivity contribution is 7.20. The zero-order chi connectivity index (χ0) is 22.9. The van der Waals surface area contributed by atoms with Gasteiger partial charge in [-0.3, -0.25) is 10.1 Å². The summed E-state index contributed by atoms with van der Waals surface area (Å²) < 4.78 is 12.7. The van der Waals surface area contributed by atoms with Gasteiger partial charge in [0, 0.05) is 16.3 Å². The molecule has 2 aromatic carbocycles. The van der Waals surface area contributed by atoms with Crippen molar-refractivity contribution < 1.29 is 14.3 Å². The van der Waals surface area contributed by atoms with Gasteiger partial charge in [0.05, 0.1) is 36.2 Å². The second-order valence-electron chi connectivity index (χ2n) is 7.22. The molecule has 0 fully saturated rings. The molecule has 9 heteroatoms. The first-order valence-corrected chi connectivity index (χ1v) is 11.8. The van der Waals surface area contributed by atoms with E-state index in [4.69, 9.17) is 9.47 Å². The van der Waals surface area contributed by atoms with Crippen LogP contribution in [0.25, 0.3) is 27.2 Å². The number of fused-ring (bicyclic) bond motifs is 1. The SMILES string of the molecule is COc1ccc(OC)c(-c2csc(NC(=O)c3cc4c(C)nn(-c5ccccc5)c4s3)n2)c1. The number of methoxy groups -OCH3 is 2. The molecule has 0 aliphatic heterocycles. The summed E-state index contributed by atoms with van der Waals surface area (Å²) >= 11 is 2.77. The van der Waals surface area contributed by atoms with Crippen molar-refractivity contribution in [2.45, 2.75) is 6.92 Å². The second kappa shape index (κ2) is 8.68. The van der Waals surface area contributed by atoms with Crippen LogP contribution in [0.4, 0.5) is 5.13 Å². The van der Waals surface area contributed by atoms with Gasteiger partial charge in [-0.15, -0.1) is 22.7 Å². The normalized spacial score (nSPS) is 11.0. The lowest BCUT2D eigenvalue weighted by Gasteiger charge is -2.08. The van der Waals surface area contributed by atoms with Crippen LogP contribution in [0, 0.1) is 6.92 Å². The van der Waals surface area contributed by atoms with Crippen LogP contribution in [0.5, 0.6) is 11.5 Å². The van der Waals surface area contributed by atoms with Crippen molar-refractivity contribution in [2.75, 3.05) is 19.5 Å². The molecule has 166 valence electrons. The van der Waals surface area contributed by atoms with Gasteiger partial charge in [0.2, 0.25) is 0 Å². The molecule has 33 heavy (non-hydrogen) atoms. The number of hydrogen-bond acceptors (Lipinski definition) is 7. The fraction of sp³-hybridized carbons (Fsp3) is 0.125. The molecule has 0 unspecified atom stereocenters. The van der Waals surface area contributed by atoms with Gasteiger partial charge in [-0.25, -0.2) is 9.67 Å². The molecule has 0 radical (unpaired) electrons. The standard InChI is InChI=1S/C24H20N4O3S2/c1-14-17-12-21(33-23(17)28(27-14)15-7-5-4-6-8-15)22(29)26-24-25-19(13-32-24)18-11-16(30-2)9-10-20(18)31-3/h4-13H,1-3H3,(H,25,26,29). The van der Waals surface area contributed by atoms with Crippen molar-refractivity contribution in [3.63, 3.8) is 0 Å². The van der Waals surface area contributed by atoms with E-state index in [0.29, 0.717) is 27.2 Å². The van der Waals surface area contributed by atoms with Crippen LogP contribution in [0.3, 0.4) is 0 Å². The average Bonchev–Trinajstić information content (AvgIpc) is 3.56. The molecule has 1 N–H and O–H groups in total. The van der Waals surface area contributed by atoms with Gasteiger partial charge in [0.25, 0.3) is 5.91 Å². The van der Waals surface area contributed by atoms with Crippen molar-refractivity contribution in [3.05, 3.63) is 70.5 Å². The number of aryl methyl sites for hydroxylation is 1. The van der Waals surface area contributed by atoms with Gasteiger partial charge < -0.3 is 9.47 Å². The molecule has 0 bridgehead atoms. The van der Waals surface area contributed by atoms with Crippen LogP contribution < -0.4 is 14.8 Å². The molecule has 3 aromatic heterocycles. The summed E-state index contributed by atoms with van der Waals surface area (Å²) in [5.74, 6) is 1.19. The van der Waals surface area contributed by atoms with Crippen LogP contribution >= 0.6 is 22.7 Å². The Morgan fingerprint density at radius 2 is 1.88 bits per heavy atom. The maximum atomic E-state index is 13.0. The highest BCUT2D eigenvalue weighted by Crippen LogP contribution is 2.36. The first kappa shape index (κ1) is 21.2. The maximum Gasteiger partial charge on any atom is 0.267 e. The lowest BCUT2D eigenvalue weighted by atomic mass is 10.1. The van der Waals surface area contributed by atoms with Crippen molar-refractivity contribution in [1.82, 2.24) is 14.8 Å². The van der Waals surface area contributed by atoms with Gasteiger partial charge >= 0.3 is 0 Å². The third-order valence-electron chi connectivity index (χ3n) is 5.18. The topological polar surface area (TPSA) is 78.3 Å². The predicted octanol–water partition coefficient (Wildman–Crippen LogP) is 5.79. The number of aromatic nitrogens is 3. The minimum atomic E-state index is -0.200. The Labute approximate surface area is 198 Å². The average molecular weight is 477 g/mol. The highest BCUT2D eigenvalue weighted by Gasteiger charge is 2.19. The first-order chi connectivity index (χ1) is 16.1. The molecule has 0 aliphatic carbocycles. The quantitative estimate of drug-likeness (QED) is 0.336. The van der Waals surface area contributed by atoms with Gasteiger partial charge in [0.1, 0.15) is 16.3 Å². The van der Waals surface area contributed by atoms with E-state index in [-0.39, 0.29) is 5.91 Å². The van der Waals surface area contributed by atoms with Gasteiger partial charge in [-0.05, 0) is 43.3 Å². The van der Waals surface area contributed by atoms with Crippen LogP contribution in [-0.2, 0) is 0 Å². The van der Waals surface area contributed by atoms with E-state index in [1.807, 2.05) is 71.6 Å². The summed E-state index contributed by atoms with van der Waals surface area (Å²) in [6, 6.07) is 17.3. The van der Waals surface area contributed by atoms with Crippen molar-refractivity contribution in [1.29, 1.82) is 0 Å². The molecule has 1 amide bonds. The number of carbonyl (C=O) groups excluding carboxylic acids is 1. The summed E-state index contributed by atoms with van der Waals surface area (Å²) in [7, 11) is 3.22. The molecule has 5 aromatic rings. The Morgan fingerprint density at radius 1 is 1.06 bits per heavy atom. The fourth-order valence-electron chi connectivity index (χ4n) is 3.53. The summed E-state index contributed by atoms with van der Waals surface area (Å²) in [6.45, 7) is 1.95. The number of ether oxygens (including phenoxy) is 2. The van der Waals surface area contributed by atoms with Gasteiger partial charge in [-0.1, -0.05) is 18.2 Å². The number of nitrogens with one attached hydrogen (secondary N) is 1. The Morgan fingerprint density at radius 3 is 2.64 bits per heavy atom. The number of carbonyl (C=O) groups is 1. The van der Waals surface area contributed by atoms with Crippen molar-refractivity contribution in [3.8, 4) is 28.4 Å². The monoisotopic (exact) mass is 476 g/mol. The van der Waals surface area contributed by atoms with E-state index in [2.05, 4.69) is 15.4 Å². The third kappa shape index (κ3) is 3.96. The number of amides is 1. The molecular formula is C24H20N4O3S2. The molecular weight excluding hydrogens is 456 g/mol. The number of anilines is 1. The van der Waals surface area contributed by atoms with E-state index >= 15 is 0 Å². The third-order valence-corrected chi connectivity index (χ3v) is 7.04. The summed E-state index contributed by atoms with van der Waals surface area (Å²) in [5.41, 5.74) is 3.35. The van der Waals surface area contributed by atoms with E-state index in [9.17, 15) is 4.79 Å².